The molecule has 0 atom stereocenters. The Bertz CT molecular complexity index is 813. The van der Waals surface area contributed by atoms with Crippen LogP contribution in [0.3, 0.4) is 0 Å². The molecule has 0 heterocycles. The van der Waals surface area contributed by atoms with E-state index in [2.05, 4.69) is 4.72 Å². The van der Waals surface area contributed by atoms with Gasteiger partial charge in [0.15, 0.2) is 11.5 Å². The molecule has 23 heavy (non-hydrogen) atoms. The Kier molecular flexibility index (Phi) is 5.28. The van der Waals surface area contributed by atoms with E-state index >= 15 is 0 Å². The smallest absolute Gasteiger partial charge is 0.255 e. The van der Waals surface area contributed by atoms with Gasteiger partial charge in [-0.25, -0.2) is 8.42 Å². The van der Waals surface area contributed by atoms with Crippen LogP contribution < -0.4 is 14.2 Å². The van der Waals surface area contributed by atoms with Gasteiger partial charge in [0.25, 0.3) is 10.0 Å². The predicted octanol–water partition coefficient (Wildman–Crippen LogP) is 3.42. The van der Waals surface area contributed by atoms with Crippen molar-refractivity contribution in [3.63, 3.8) is 0 Å². The number of ether oxygens (including phenoxy) is 2. The van der Waals surface area contributed by atoms with E-state index in [1.165, 1.54) is 13.2 Å². The molecule has 0 aromatic heterocycles. The summed E-state index contributed by atoms with van der Waals surface area (Å²) in [7, 11) is -0.518. The van der Waals surface area contributed by atoms with E-state index in [-0.39, 0.29) is 0 Å². The summed E-state index contributed by atoms with van der Waals surface area (Å²) in [5, 5.41) is 1.13. The monoisotopic (exact) mass is 333 g/mol. The lowest BCUT2D eigenvalue weighted by atomic mass is 10.2. The third-order valence-corrected chi connectivity index (χ3v) is 4.24. The summed E-state index contributed by atoms with van der Waals surface area (Å²) in [6, 6.07) is 12.4. The van der Waals surface area contributed by atoms with Gasteiger partial charge in [0.1, 0.15) is 0 Å². The van der Waals surface area contributed by atoms with Crippen LogP contribution in [0.5, 0.6) is 11.5 Å². The second-order valence-electron chi connectivity index (χ2n) is 4.88. The van der Waals surface area contributed by atoms with Gasteiger partial charge in [-0.3, -0.25) is 4.72 Å². The van der Waals surface area contributed by atoms with Gasteiger partial charge in [-0.2, -0.15) is 0 Å². The normalized spacial score (nSPS) is 11.4. The van der Waals surface area contributed by atoms with Gasteiger partial charge in [-0.15, -0.1) is 0 Å². The average Bonchev–Trinajstić information content (AvgIpc) is 2.54. The highest BCUT2D eigenvalue weighted by Gasteiger charge is 2.08. The van der Waals surface area contributed by atoms with Crippen LogP contribution in [-0.4, -0.2) is 22.6 Å². The molecule has 0 aliphatic rings. The fourth-order valence-electron chi connectivity index (χ4n) is 2.00. The summed E-state index contributed by atoms with van der Waals surface area (Å²) in [5.41, 5.74) is 2.11. The van der Waals surface area contributed by atoms with Crippen LogP contribution in [0.15, 0.2) is 47.9 Å². The number of hydrogen-bond donors (Lipinski definition) is 1. The van der Waals surface area contributed by atoms with Gasteiger partial charge in [-0.05, 0) is 42.3 Å². The molecule has 1 N–H and O–H groups in total. The zero-order valence-corrected chi connectivity index (χ0v) is 14.1. The molecule has 0 saturated carbocycles. The number of methoxy groups -OCH3 is 2. The molecule has 0 aliphatic carbocycles. The fourth-order valence-corrected chi connectivity index (χ4v) is 2.94. The Morgan fingerprint density at radius 2 is 1.70 bits per heavy atom. The Morgan fingerprint density at radius 1 is 1.00 bits per heavy atom. The Balaban J connectivity index is 2.20. The largest absolute Gasteiger partial charge is 0.493 e. The van der Waals surface area contributed by atoms with Crippen molar-refractivity contribution in [2.24, 2.45) is 0 Å². The van der Waals surface area contributed by atoms with Gasteiger partial charge in [0.2, 0.25) is 0 Å². The first-order chi connectivity index (χ1) is 10.9. The summed E-state index contributed by atoms with van der Waals surface area (Å²) < 4.78 is 37.2. The Hall–Kier alpha value is -2.47. The highest BCUT2D eigenvalue weighted by molar-refractivity contribution is 7.95. The number of para-hydroxylation sites is 1. The molecule has 5 nitrogen and oxygen atoms in total. The summed E-state index contributed by atoms with van der Waals surface area (Å²) in [6.07, 6.45) is 1.50. The Labute approximate surface area is 136 Å². The van der Waals surface area contributed by atoms with Gasteiger partial charge in [0, 0.05) is 0 Å². The topological polar surface area (TPSA) is 64.6 Å². The number of nitrogens with one attached hydrogen (secondary N) is 1. The van der Waals surface area contributed by atoms with E-state index < -0.39 is 10.0 Å². The number of anilines is 1. The third kappa shape index (κ3) is 4.50. The summed E-state index contributed by atoms with van der Waals surface area (Å²) in [4.78, 5) is 0. The van der Waals surface area contributed by atoms with Crippen molar-refractivity contribution in [1.29, 1.82) is 0 Å². The zero-order valence-electron chi connectivity index (χ0n) is 13.2. The minimum atomic E-state index is -3.59. The van der Waals surface area contributed by atoms with Gasteiger partial charge in [0.05, 0.1) is 25.3 Å². The van der Waals surface area contributed by atoms with Crippen molar-refractivity contribution in [1.82, 2.24) is 0 Å². The lowest BCUT2D eigenvalue weighted by molar-refractivity contribution is 0.355. The van der Waals surface area contributed by atoms with Crippen LogP contribution >= 0.6 is 0 Å². The molecule has 2 rings (SSSR count). The molecule has 0 amide bonds. The average molecular weight is 333 g/mol. The van der Waals surface area contributed by atoms with Gasteiger partial charge in [-0.1, -0.05) is 24.3 Å². The van der Waals surface area contributed by atoms with Crippen molar-refractivity contribution in [2.45, 2.75) is 6.92 Å². The number of rotatable bonds is 6. The van der Waals surface area contributed by atoms with Crippen molar-refractivity contribution >= 4 is 21.8 Å². The van der Waals surface area contributed by atoms with Crippen molar-refractivity contribution in [3.05, 3.63) is 59.0 Å². The standard InChI is InChI=1S/C17H19NO4S/c1-13-6-4-5-7-15(13)18-23(19,20)11-10-14-8-9-16(21-2)17(12-14)22-3/h4-12,18H,1-3H3. The maximum atomic E-state index is 12.1. The predicted molar refractivity (Wildman–Crippen MR) is 92.3 cm³/mol. The molecule has 0 saturated heterocycles. The van der Waals surface area contributed by atoms with Crippen molar-refractivity contribution in [3.8, 4) is 11.5 Å². The molecular formula is C17H19NO4S. The van der Waals surface area contributed by atoms with Crippen molar-refractivity contribution in [2.75, 3.05) is 18.9 Å². The molecule has 122 valence electrons. The molecule has 2 aromatic carbocycles. The number of aryl methyl sites for hydroxylation is 1. The van der Waals surface area contributed by atoms with Crippen LogP contribution in [0.25, 0.3) is 6.08 Å². The lowest BCUT2D eigenvalue weighted by Crippen LogP contribution is -2.09. The van der Waals surface area contributed by atoms with E-state index in [0.717, 1.165) is 11.0 Å². The van der Waals surface area contributed by atoms with E-state index in [1.807, 2.05) is 19.1 Å². The SMILES string of the molecule is COc1ccc(C=CS(=O)(=O)Nc2ccccc2C)cc1OC. The van der Waals surface area contributed by atoms with E-state index in [0.29, 0.717) is 22.7 Å². The first-order valence-corrected chi connectivity index (χ1v) is 8.48. The molecule has 0 bridgehead atoms. The number of hydrogen-bond acceptors (Lipinski definition) is 4. The van der Waals surface area contributed by atoms with Crippen LogP contribution in [-0.2, 0) is 10.0 Å². The van der Waals surface area contributed by atoms with E-state index in [4.69, 9.17) is 9.47 Å². The van der Waals surface area contributed by atoms with Gasteiger partial charge >= 0.3 is 0 Å². The molecule has 0 aliphatic heterocycles. The first kappa shape index (κ1) is 16.9. The summed E-state index contributed by atoms with van der Waals surface area (Å²) >= 11 is 0. The van der Waals surface area contributed by atoms with Gasteiger partial charge < -0.3 is 9.47 Å². The molecule has 0 fully saturated rings. The zero-order chi connectivity index (χ0) is 16.9. The lowest BCUT2D eigenvalue weighted by Gasteiger charge is -2.08. The summed E-state index contributed by atoms with van der Waals surface area (Å²) in [5.74, 6) is 1.13. The minimum absolute atomic E-state index is 0.541. The van der Waals surface area contributed by atoms with Crippen molar-refractivity contribution < 1.29 is 17.9 Å². The Morgan fingerprint density at radius 3 is 2.35 bits per heavy atom. The first-order valence-electron chi connectivity index (χ1n) is 6.94. The second-order valence-corrected chi connectivity index (χ2v) is 6.45. The van der Waals surface area contributed by atoms with Crippen LogP contribution in [0.2, 0.25) is 0 Å². The van der Waals surface area contributed by atoms with E-state index in [1.54, 1.807) is 37.4 Å². The second kappa shape index (κ2) is 7.19. The molecule has 0 spiro atoms. The quantitative estimate of drug-likeness (QED) is 0.880. The van der Waals surface area contributed by atoms with Crippen LogP contribution in [0.1, 0.15) is 11.1 Å². The maximum Gasteiger partial charge on any atom is 0.255 e. The van der Waals surface area contributed by atoms with Crippen LogP contribution in [0, 0.1) is 6.92 Å². The highest BCUT2D eigenvalue weighted by Crippen LogP contribution is 2.28. The highest BCUT2D eigenvalue weighted by atomic mass is 32.2. The molecule has 6 heteroatoms. The molecular weight excluding hydrogens is 314 g/mol. The number of benzene rings is 2. The number of sulfonamides is 1. The minimum Gasteiger partial charge on any atom is -0.493 e. The fraction of sp³-hybridized carbons (Fsp3) is 0.176. The molecule has 2 aromatic rings. The van der Waals surface area contributed by atoms with E-state index in [9.17, 15) is 8.42 Å². The molecule has 0 unspecified atom stereocenters. The molecule has 0 radical (unpaired) electrons. The van der Waals surface area contributed by atoms with Crippen LogP contribution in [0.4, 0.5) is 5.69 Å². The third-order valence-electron chi connectivity index (χ3n) is 3.24. The maximum absolute atomic E-state index is 12.1. The summed E-state index contributed by atoms with van der Waals surface area (Å²) in [6.45, 7) is 1.84.